The van der Waals surface area contributed by atoms with Crippen LogP contribution in [-0.2, 0) is 9.59 Å². The molecular formula is C30H46O2. The molecule has 7 atom stereocenters. The van der Waals surface area contributed by atoms with Gasteiger partial charge in [0.1, 0.15) is 12.1 Å². The predicted octanol–water partition coefficient (Wildman–Crippen LogP) is 7.87. The Morgan fingerprint density at radius 3 is 2.38 bits per heavy atom. The van der Waals surface area contributed by atoms with E-state index in [1.807, 2.05) is 6.92 Å². The van der Waals surface area contributed by atoms with Gasteiger partial charge in [0.25, 0.3) is 0 Å². The Labute approximate surface area is 196 Å². The molecule has 32 heavy (non-hydrogen) atoms. The molecule has 0 amide bonds. The average Bonchev–Trinajstić information content (AvgIpc) is 3.02. The van der Waals surface area contributed by atoms with Crippen molar-refractivity contribution < 1.29 is 9.59 Å². The van der Waals surface area contributed by atoms with Crippen LogP contribution in [0.2, 0.25) is 0 Å². The lowest BCUT2D eigenvalue weighted by Crippen LogP contribution is -2.55. The monoisotopic (exact) mass is 438 g/mol. The van der Waals surface area contributed by atoms with Gasteiger partial charge in [-0.1, -0.05) is 50.5 Å². The molecule has 2 heteroatoms. The first-order valence-electron chi connectivity index (χ1n) is 13.3. The number of rotatable bonds is 5. The molecule has 4 rings (SSSR count). The topological polar surface area (TPSA) is 34.1 Å². The third kappa shape index (κ3) is 3.17. The van der Waals surface area contributed by atoms with E-state index in [-0.39, 0.29) is 22.5 Å². The Hall–Kier alpha value is -1.18. The molecule has 0 spiro atoms. The van der Waals surface area contributed by atoms with E-state index in [4.69, 9.17) is 0 Å². The quantitative estimate of drug-likeness (QED) is 0.249. The summed E-state index contributed by atoms with van der Waals surface area (Å²) >= 11 is 0. The maximum atomic E-state index is 12.8. The van der Waals surface area contributed by atoms with Crippen LogP contribution in [-0.4, -0.2) is 12.1 Å². The first kappa shape index (κ1) is 24.0. The van der Waals surface area contributed by atoms with E-state index in [0.29, 0.717) is 11.8 Å². The molecule has 2 fully saturated rings. The molecule has 0 unspecified atom stereocenters. The molecule has 0 radical (unpaired) electrons. The fourth-order valence-corrected chi connectivity index (χ4v) is 9.18. The Balaban J connectivity index is 1.67. The Morgan fingerprint density at radius 2 is 1.72 bits per heavy atom. The smallest absolute Gasteiger partial charge is 0.146 e. The van der Waals surface area contributed by atoms with Crippen LogP contribution in [0.25, 0.3) is 0 Å². The van der Waals surface area contributed by atoms with Crippen molar-refractivity contribution in [3.63, 3.8) is 0 Å². The maximum Gasteiger partial charge on any atom is 0.146 e. The Kier molecular flexibility index (Phi) is 5.95. The van der Waals surface area contributed by atoms with Crippen LogP contribution in [0.15, 0.2) is 22.8 Å². The summed E-state index contributed by atoms with van der Waals surface area (Å²) in [5, 5.41) is 0. The second-order valence-electron chi connectivity index (χ2n) is 13.0. The van der Waals surface area contributed by atoms with Gasteiger partial charge in [-0.15, -0.1) is 0 Å². The van der Waals surface area contributed by atoms with Crippen molar-refractivity contribution in [1.29, 1.82) is 0 Å². The van der Waals surface area contributed by atoms with E-state index in [2.05, 4.69) is 47.6 Å². The highest BCUT2D eigenvalue weighted by molar-refractivity contribution is 5.99. The van der Waals surface area contributed by atoms with Gasteiger partial charge in [-0.3, -0.25) is 4.79 Å². The van der Waals surface area contributed by atoms with Crippen LogP contribution in [0, 0.1) is 39.4 Å². The fourth-order valence-electron chi connectivity index (χ4n) is 9.18. The number of hydrogen-bond acceptors (Lipinski definition) is 2. The van der Waals surface area contributed by atoms with E-state index < -0.39 is 5.41 Å². The van der Waals surface area contributed by atoms with Crippen molar-refractivity contribution in [2.45, 2.75) is 113 Å². The summed E-state index contributed by atoms with van der Waals surface area (Å²) in [4.78, 5) is 24.9. The van der Waals surface area contributed by atoms with Crippen molar-refractivity contribution >= 4 is 12.1 Å². The van der Waals surface area contributed by atoms with Gasteiger partial charge in [-0.25, -0.2) is 0 Å². The van der Waals surface area contributed by atoms with E-state index in [1.54, 1.807) is 11.1 Å². The zero-order chi connectivity index (χ0) is 23.5. The number of hydrogen-bond donors (Lipinski definition) is 0. The van der Waals surface area contributed by atoms with Gasteiger partial charge < -0.3 is 4.79 Å². The molecule has 0 bridgehead atoms. The summed E-state index contributed by atoms with van der Waals surface area (Å²) in [6.45, 7) is 16.5. The highest BCUT2D eigenvalue weighted by Gasteiger charge is 2.63. The zero-order valence-electron chi connectivity index (χ0n) is 21.8. The molecule has 0 saturated heterocycles. The molecular weight excluding hydrogens is 392 g/mol. The standard InChI is InChI=1S/C30H46O2/c1-20(2)9-8-10-21(3)22-13-17-30(7)24-11-12-25-27(4,23(24)14-18-29(22,30)6)16-15-26(32)28(25,5)19-31/h9,19,21-22,25H,8,10-18H2,1-7H3/t21-,22-,25-,27-,28+,29-,30+/m1/s1. The third-order valence-corrected chi connectivity index (χ3v) is 11.4. The van der Waals surface area contributed by atoms with Gasteiger partial charge >= 0.3 is 0 Å². The summed E-state index contributed by atoms with van der Waals surface area (Å²) in [5.41, 5.74) is 4.73. The SMILES string of the molecule is CC(C)=CCC[C@@H](C)[C@H]1CC[C@@]2(C)C3=C(CC[C@]12C)[C@@]1(C)CCC(=O)[C@@](C)(C=O)[C@@H]1CC3. The van der Waals surface area contributed by atoms with Crippen LogP contribution in [0.4, 0.5) is 0 Å². The van der Waals surface area contributed by atoms with Crippen LogP contribution >= 0.6 is 0 Å². The molecule has 0 aromatic heterocycles. The van der Waals surface area contributed by atoms with E-state index >= 15 is 0 Å². The predicted molar refractivity (Wildman–Crippen MR) is 132 cm³/mol. The van der Waals surface area contributed by atoms with Gasteiger partial charge in [-0.2, -0.15) is 0 Å². The molecule has 0 aromatic rings. The lowest BCUT2D eigenvalue weighted by Gasteiger charge is -2.60. The summed E-state index contributed by atoms with van der Waals surface area (Å²) in [7, 11) is 0. The summed E-state index contributed by atoms with van der Waals surface area (Å²) < 4.78 is 0. The fraction of sp³-hybridized carbons (Fsp3) is 0.800. The molecule has 0 aliphatic heterocycles. The molecule has 4 aliphatic carbocycles. The molecule has 4 aliphatic rings. The van der Waals surface area contributed by atoms with E-state index in [9.17, 15) is 9.59 Å². The minimum Gasteiger partial charge on any atom is -0.302 e. The molecule has 0 heterocycles. The van der Waals surface area contributed by atoms with Crippen LogP contribution < -0.4 is 0 Å². The van der Waals surface area contributed by atoms with E-state index in [0.717, 1.165) is 37.4 Å². The number of aldehydes is 1. The second kappa shape index (κ2) is 7.95. The Bertz CT molecular complexity index is 860. The van der Waals surface area contributed by atoms with Crippen molar-refractivity contribution in [2.24, 2.45) is 39.4 Å². The first-order chi connectivity index (χ1) is 14.9. The minimum absolute atomic E-state index is 0.0225. The third-order valence-electron chi connectivity index (χ3n) is 11.4. The van der Waals surface area contributed by atoms with Crippen molar-refractivity contribution in [2.75, 3.05) is 0 Å². The highest BCUT2D eigenvalue weighted by atomic mass is 16.1. The molecule has 2 saturated carbocycles. The van der Waals surface area contributed by atoms with Crippen LogP contribution in [0.5, 0.6) is 0 Å². The number of allylic oxidation sites excluding steroid dienone is 4. The average molecular weight is 439 g/mol. The van der Waals surface area contributed by atoms with Crippen molar-refractivity contribution in [1.82, 2.24) is 0 Å². The second-order valence-corrected chi connectivity index (χ2v) is 13.0. The first-order valence-corrected chi connectivity index (χ1v) is 13.3. The molecule has 0 N–H and O–H groups in total. The van der Waals surface area contributed by atoms with Crippen molar-refractivity contribution in [3.8, 4) is 0 Å². The summed E-state index contributed by atoms with van der Waals surface area (Å²) in [6.07, 6.45) is 14.6. The molecule has 178 valence electrons. The maximum absolute atomic E-state index is 12.8. The summed E-state index contributed by atoms with van der Waals surface area (Å²) in [6, 6.07) is 0. The van der Waals surface area contributed by atoms with Gasteiger partial charge in [0.2, 0.25) is 0 Å². The number of fused-ring (bicyclic) bond motifs is 4. The normalized spacial score (nSPS) is 44.4. The van der Waals surface area contributed by atoms with Gasteiger partial charge in [0.05, 0.1) is 5.41 Å². The number of Topliss-reactive ketones (excluding diaryl/α,β-unsaturated/α-hetero) is 1. The number of carbonyl (C=O) groups excluding carboxylic acids is 2. The van der Waals surface area contributed by atoms with Crippen LogP contribution in [0.3, 0.4) is 0 Å². The van der Waals surface area contributed by atoms with Gasteiger partial charge in [0, 0.05) is 6.42 Å². The minimum atomic E-state index is -0.787. The lowest BCUT2D eigenvalue weighted by atomic mass is 9.43. The summed E-state index contributed by atoms with van der Waals surface area (Å²) in [5.74, 6) is 1.92. The molecule has 2 nitrogen and oxygen atoms in total. The number of carbonyl (C=O) groups is 2. The van der Waals surface area contributed by atoms with Gasteiger partial charge in [0.15, 0.2) is 0 Å². The highest BCUT2D eigenvalue weighted by Crippen LogP contribution is 2.72. The Morgan fingerprint density at radius 1 is 1.00 bits per heavy atom. The zero-order valence-corrected chi connectivity index (χ0v) is 21.8. The van der Waals surface area contributed by atoms with E-state index in [1.165, 1.54) is 44.1 Å². The molecule has 0 aromatic carbocycles. The van der Waals surface area contributed by atoms with Crippen LogP contribution in [0.1, 0.15) is 113 Å². The number of ketones is 1. The van der Waals surface area contributed by atoms with Gasteiger partial charge in [-0.05, 0) is 113 Å². The largest absolute Gasteiger partial charge is 0.302 e. The lowest BCUT2D eigenvalue weighted by molar-refractivity contribution is -0.146. The van der Waals surface area contributed by atoms with Crippen molar-refractivity contribution in [3.05, 3.63) is 22.8 Å².